The molecule has 1 aromatic carbocycles. The molecule has 1 saturated heterocycles. The molecule has 2 heterocycles. The number of esters is 1. The zero-order chi connectivity index (χ0) is 17.2. The number of fused-ring (bicyclic) bond motifs is 1. The topological polar surface area (TPSA) is 54.6 Å². The van der Waals surface area contributed by atoms with Crippen LogP contribution in [0.3, 0.4) is 0 Å². The van der Waals surface area contributed by atoms with Gasteiger partial charge in [0.2, 0.25) is 0 Å². The molecule has 0 spiro atoms. The van der Waals surface area contributed by atoms with Crippen molar-refractivity contribution in [3.05, 3.63) is 35.5 Å². The van der Waals surface area contributed by atoms with E-state index in [0.29, 0.717) is 5.56 Å². The van der Waals surface area contributed by atoms with Crippen molar-refractivity contribution in [3.8, 4) is 0 Å². The normalized spacial score (nSPS) is 16.5. The van der Waals surface area contributed by atoms with E-state index in [9.17, 15) is 4.79 Å². The first-order valence-corrected chi connectivity index (χ1v) is 8.56. The number of H-pyrrole nitrogens is 1. The van der Waals surface area contributed by atoms with E-state index >= 15 is 0 Å². The van der Waals surface area contributed by atoms with Gasteiger partial charge in [0, 0.05) is 36.7 Å². The number of hydrogen-bond donors (Lipinski definition) is 1. The summed E-state index contributed by atoms with van der Waals surface area (Å²) in [5, 5.41) is 0.934. The number of nitrogens with one attached hydrogen (secondary N) is 1. The summed E-state index contributed by atoms with van der Waals surface area (Å²) in [7, 11) is 0. The highest BCUT2D eigenvalue weighted by Crippen LogP contribution is 2.23. The third kappa shape index (κ3) is 4.16. The molecule has 5 heteroatoms. The van der Waals surface area contributed by atoms with Gasteiger partial charge in [-0.15, -0.1) is 0 Å². The summed E-state index contributed by atoms with van der Waals surface area (Å²) in [5.74, 6) is -0.279. The van der Waals surface area contributed by atoms with Gasteiger partial charge < -0.3 is 14.5 Å². The van der Waals surface area contributed by atoms with Gasteiger partial charge >= 0.3 is 5.97 Å². The monoisotopic (exact) mass is 330 g/mol. The molecular formula is C19H26N2O3. The van der Waals surface area contributed by atoms with Crippen molar-refractivity contribution >= 4 is 16.9 Å². The molecule has 1 N–H and O–H groups in total. The van der Waals surface area contributed by atoms with Gasteiger partial charge in [-0.1, -0.05) is 6.07 Å². The first-order chi connectivity index (χ1) is 11.4. The Morgan fingerprint density at radius 1 is 1.29 bits per heavy atom. The lowest BCUT2D eigenvalue weighted by Crippen LogP contribution is -2.37. The molecular weight excluding hydrogens is 304 g/mol. The molecule has 0 radical (unpaired) electrons. The quantitative estimate of drug-likeness (QED) is 0.876. The first-order valence-electron chi connectivity index (χ1n) is 8.56. The van der Waals surface area contributed by atoms with Crippen molar-refractivity contribution in [3.63, 3.8) is 0 Å². The van der Waals surface area contributed by atoms with Crippen LogP contribution in [0.4, 0.5) is 0 Å². The van der Waals surface area contributed by atoms with Crippen LogP contribution in [0.5, 0.6) is 0 Å². The van der Waals surface area contributed by atoms with Gasteiger partial charge in [-0.25, -0.2) is 4.79 Å². The standard InChI is InChI=1S/C19H26N2O3/c1-19(2,3)24-18(22)16-13-20-17-5-4-14(12-15(16)17)6-7-21-8-10-23-11-9-21/h4-5,12-13,20H,6-11H2,1-3H3. The molecule has 1 fully saturated rings. The van der Waals surface area contributed by atoms with Gasteiger partial charge in [0.05, 0.1) is 18.8 Å². The maximum Gasteiger partial charge on any atom is 0.340 e. The lowest BCUT2D eigenvalue weighted by atomic mass is 10.1. The van der Waals surface area contributed by atoms with Crippen molar-refractivity contribution in [2.75, 3.05) is 32.8 Å². The molecule has 0 amide bonds. The van der Waals surface area contributed by atoms with Crippen molar-refractivity contribution < 1.29 is 14.3 Å². The van der Waals surface area contributed by atoms with E-state index in [-0.39, 0.29) is 5.97 Å². The van der Waals surface area contributed by atoms with Gasteiger partial charge in [-0.05, 0) is 44.9 Å². The molecule has 130 valence electrons. The summed E-state index contributed by atoms with van der Waals surface area (Å²) in [6, 6.07) is 6.27. The largest absolute Gasteiger partial charge is 0.456 e. The molecule has 5 nitrogen and oxygen atoms in total. The van der Waals surface area contributed by atoms with Crippen molar-refractivity contribution in [2.45, 2.75) is 32.8 Å². The molecule has 0 aliphatic carbocycles. The Bertz CT molecular complexity index is 709. The molecule has 1 aromatic heterocycles. The summed E-state index contributed by atoms with van der Waals surface area (Å²) in [5.41, 5.74) is 2.31. The predicted molar refractivity (Wildman–Crippen MR) is 94.4 cm³/mol. The molecule has 2 aromatic rings. The number of aromatic amines is 1. The maximum atomic E-state index is 12.4. The average molecular weight is 330 g/mol. The van der Waals surface area contributed by atoms with Crippen LogP contribution in [0.1, 0.15) is 36.7 Å². The van der Waals surface area contributed by atoms with Gasteiger partial charge in [-0.2, -0.15) is 0 Å². The van der Waals surface area contributed by atoms with Crippen LogP contribution in [0.25, 0.3) is 10.9 Å². The van der Waals surface area contributed by atoms with Gasteiger partial charge in [0.1, 0.15) is 5.60 Å². The van der Waals surface area contributed by atoms with Crippen LogP contribution in [0, 0.1) is 0 Å². The van der Waals surface area contributed by atoms with Crippen molar-refractivity contribution in [1.29, 1.82) is 0 Å². The van der Waals surface area contributed by atoms with E-state index in [1.165, 1.54) is 5.56 Å². The average Bonchev–Trinajstić information content (AvgIpc) is 2.95. The molecule has 0 saturated carbocycles. The van der Waals surface area contributed by atoms with Crippen LogP contribution in [0.2, 0.25) is 0 Å². The van der Waals surface area contributed by atoms with E-state index in [1.807, 2.05) is 26.8 Å². The SMILES string of the molecule is CC(C)(C)OC(=O)c1c[nH]c2ccc(CCN3CCOCC3)cc12. The molecule has 1 aliphatic rings. The van der Waals surface area contributed by atoms with E-state index in [2.05, 4.69) is 22.0 Å². The van der Waals surface area contributed by atoms with Crippen molar-refractivity contribution in [2.24, 2.45) is 0 Å². The minimum absolute atomic E-state index is 0.279. The van der Waals surface area contributed by atoms with Crippen LogP contribution in [-0.4, -0.2) is 54.3 Å². The number of nitrogens with zero attached hydrogens (tertiary/aromatic N) is 1. The van der Waals surface area contributed by atoms with E-state index < -0.39 is 5.60 Å². The molecule has 0 atom stereocenters. The third-order valence-corrected chi connectivity index (χ3v) is 4.19. The fourth-order valence-electron chi connectivity index (χ4n) is 2.94. The number of morpholine rings is 1. The number of hydrogen-bond acceptors (Lipinski definition) is 4. The minimum atomic E-state index is -0.491. The minimum Gasteiger partial charge on any atom is -0.456 e. The van der Waals surface area contributed by atoms with E-state index in [1.54, 1.807) is 6.20 Å². The van der Waals surface area contributed by atoms with Gasteiger partial charge in [-0.3, -0.25) is 4.90 Å². The predicted octanol–water partition coefficient (Wildman–Crippen LogP) is 3.00. The second-order valence-electron chi connectivity index (χ2n) is 7.29. The van der Waals surface area contributed by atoms with Crippen LogP contribution in [-0.2, 0) is 15.9 Å². The lowest BCUT2D eigenvalue weighted by Gasteiger charge is -2.26. The summed E-state index contributed by atoms with van der Waals surface area (Å²) in [4.78, 5) is 18.0. The summed E-state index contributed by atoms with van der Waals surface area (Å²) in [6.07, 6.45) is 2.71. The lowest BCUT2D eigenvalue weighted by molar-refractivity contribution is 0.00719. The maximum absolute atomic E-state index is 12.4. The fraction of sp³-hybridized carbons (Fsp3) is 0.526. The zero-order valence-electron chi connectivity index (χ0n) is 14.7. The molecule has 0 bridgehead atoms. The number of ether oxygens (including phenoxy) is 2. The van der Waals surface area contributed by atoms with Crippen LogP contribution < -0.4 is 0 Å². The second kappa shape index (κ2) is 6.95. The van der Waals surface area contributed by atoms with Gasteiger partial charge in [0.25, 0.3) is 0 Å². The molecule has 1 aliphatic heterocycles. The van der Waals surface area contributed by atoms with Crippen LogP contribution in [0.15, 0.2) is 24.4 Å². The Balaban J connectivity index is 1.74. The molecule has 0 unspecified atom stereocenters. The van der Waals surface area contributed by atoms with E-state index in [4.69, 9.17) is 9.47 Å². The highest BCUT2D eigenvalue weighted by molar-refractivity contribution is 6.04. The Morgan fingerprint density at radius 2 is 2.04 bits per heavy atom. The Morgan fingerprint density at radius 3 is 2.75 bits per heavy atom. The summed E-state index contributed by atoms with van der Waals surface area (Å²) < 4.78 is 10.9. The zero-order valence-corrected chi connectivity index (χ0v) is 14.7. The summed E-state index contributed by atoms with van der Waals surface area (Å²) >= 11 is 0. The highest BCUT2D eigenvalue weighted by atomic mass is 16.6. The number of carbonyl (C=O) groups excluding carboxylic acids is 1. The Hall–Kier alpha value is -1.85. The van der Waals surface area contributed by atoms with Crippen LogP contribution >= 0.6 is 0 Å². The van der Waals surface area contributed by atoms with E-state index in [0.717, 1.165) is 50.2 Å². The fourth-order valence-corrected chi connectivity index (χ4v) is 2.94. The number of benzene rings is 1. The highest BCUT2D eigenvalue weighted by Gasteiger charge is 2.20. The first kappa shape index (κ1) is 17.0. The summed E-state index contributed by atoms with van der Waals surface area (Å²) in [6.45, 7) is 10.3. The Labute approximate surface area is 142 Å². The molecule has 3 rings (SSSR count). The number of carbonyl (C=O) groups is 1. The number of aromatic nitrogens is 1. The van der Waals surface area contributed by atoms with Gasteiger partial charge in [0.15, 0.2) is 0 Å². The van der Waals surface area contributed by atoms with Crippen molar-refractivity contribution in [1.82, 2.24) is 9.88 Å². The smallest absolute Gasteiger partial charge is 0.340 e. The second-order valence-corrected chi connectivity index (χ2v) is 7.29. The third-order valence-electron chi connectivity index (χ3n) is 4.19. The Kier molecular flexibility index (Phi) is 4.92. The number of rotatable bonds is 4. The molecule has 24 heavy (non-hydrogen) atoms.